The van der Waals surface area contributed by atoms with Crippen LogP contribution < -0.4 is 5.56 Å². The molecule has 0 saturated carbocycles. The molecular formula is C12H11ClN2O3. The van der Waals surface area contributed by atoms with Crippen LogP contribution in [-0.2, 0) is 18.3 Å². The Morgan fingerprint density at radius 1 is 1.50 bits per heavy atom. The van der Waals surface area contributed by atoms with E-state index in [0.717, 1.165) is 0 Å². The Balaban J connectivity index is 2.58. The first-order valence-electron chi connectivity index (χ1n) is 5.36. The fraction of sp³-hybridized carbons (Fsp3) is 0.250. The van der Waals surface area contributed by atoms with Gasteiger partial charge in [-0.3, -0.25) is 14.2 Å². The van der Waals surface area contributed by atoms with Gasteiger partial charge in [-0.05, 0) is 18.2 Å². The summed E-state index contributed by atoms with van der Waals surface area (Å²) in [6, 6.07) is 4.85. The van der Waals surface area contributed by atoms with E-state index in [9.17, 15) is 9.59 Å². The number of benzene rings is 1. The molecule has 0 saturated heterocycles. The van der Waals surface area contributed by atoms with E-state index < -0.39 is 5.97 Å². The number of aryl methyl sites for hydroxylation is 1. The second kappa shape index (κ2) is 4.78. The van der Waals surface area contributed by atoms with E-state index in [-0.39, 0.29) is 18.4 Å². The van der Waals surface area contributed by atoms with Crippen molar-refractivity contribution in [3.05, 3.63) is 39.4 Å². The molecule has 0 atom stereocenters. The third kappa shape index (κ3) is 2.36. The number of nitrogens with zero attached hydrogens (tertiary/aromatic N) is 2. The quantitative estimate of drug-likeness (QED) is 0.916. The van der Waals surface area contributed by atoms with Crippen LogP contribution in [0, 0.1) is 0 Å². The van der Waals surface area contributed by atoms with Gasteiger partial charge in [0.1, 0.15) is 5.82 Å². The summed E-state index contributed by atoms with van der Waals surface area (Å²) in [5.74, 6) is -0.479. The summed E-state index contributed by atoms with van der Waals surface area (Å²) in [7, 11) is 1.58. The third-order valence-electron chi connectivity index (χ3n) is 2.69. The van der Waals surface area contributed by atoms with Crippen molar-refractivity contribution < 1.29 is 9.90 Å². The zero-order valence-electron chi connectivity index (χ0n) is 9.68. The molecule has 1 aromatic carbocycles. The lowest BCUT2D eigenvalue weighted by Gasteiger charge is -2.08. The predicted molar refractivity (Wildman–Crippen MR) is 68.0 cm³/mol. The molecule has 1 N–H and O–H groups in total. The molecule has 0 bridgehead atoms. The number of hydrogen-bond acceptors (Lipinski definition) is 3. The Hall–Kier alpha value is -1.88. The molecule has 0 aliphatic rings. The number of aliphatic carboxylic acids is 1. The summed E-state index contributed by atoms with van der Waals surface area (Å²) in [6.45, 7) is 0. The largest absolute Gasteiger partial charge is 0.481 e. The van der Waals surface area contributed by atoms with Crippen molar-refractivity contribution in [2.45, 2.75) is 12.8 Å². The molecule has 0 aliphatic heterocycles. The fourth-order valence-corrected chi connectivity index (χ4v) is 1.90. The van der Waals surface area contributed by atoms with E-state index in [0.29, 0.717) is 21.7 Å². The van der Waals surface area contributed by atoms with Crippen molar-refractivity contribution in [2.24, 2.45) is 7.05 Å². The van der Waals surface area contributed by atoms with Crippen LogP contribution in [-0.4, -0.2) is 20.6 Å². The maximum Gasteiger partial charge on any atom is 0.303 e. The highest BCUT2D eigenvalue weighted by Gasteiger charge is 2.09. The average molecular weight is 267 g/mol. The summed E-state index contributed by atoms with van der Waals surface area (Å²) in [4.78, 5) is 26.9. The highest BCUT2D eigenvalue weighted by molar-refractivity contribution is 6.31. The van der Waals surface area contributed by atoms with Gasteiger partial charge in [-0.1, -0.05) is 11.6 Å². The summed E-state index contributed by atoms with van der Waals surface area (Å²) < 4.78 is 1.37. The molecule has 2 rings (SSSR count). The minimum atomic E-state index is -0.921. The smallest absolute Gasteiger partial charge is 0.303 e. The van der Waals surface area contributed by atoms with Gasteiger partial charge in [-0.15, -0.1) is 0 Å². The van der Waals surface area contributed by atoms with E-state index >= 15 is 0 Å². The van der Waals surface area contributed by atoms with Gasteiger partial charge in [0.2, 0.25) is 0 Å². The summed E-state index contributed by atoms with van der Waals surface area (Å²) in [5, 5.41) is 9.62. The Kier molecular flexibility index (Phi) is 3.34. The van der Waals surface area contributed by atoms with Crippen LogP contribution in [0.3, 0.4) is 0 Å². The van der Waals surface area contributed by atoms with Crippen LogP contribution in [0.1, 0.15) is 12.2 Å². The average Bonchev–Trinajstić information content (AvgIpc) is 2.31. The van der Waals surface area contributed by atoms with Gasteiger partial charge in [0, 0.05) is 18.5 Å². The standard InChI is InChI=1S/C12H11ClN2O3/c1-15-10(4-5-11(16)17)14-9-6-7(13)2-3-8(9)12(15)18/h2-3,6H,4-5H2,1H3,(H,16,17). The number of carbonyl (C=O) groups is 1. The Morgan fingerprint density at radius 2 is 2.22 bits per heavy atom. The van der Waals surface area contributed by atoms with Crippen molar-refractivity contribution in [3.63, 3.8) is 0 Å². The molecule has 0 unspecified atom stereocenters. The number of carboxylic acid groups (broad SMARTS) is 1. The molecule has 94 valence electrons. The molecule has 0 aliphatic carbocycles. The zero-order chi connectivity index (χ0) is 13.3. The highest BCUT2D eigenvalue weighted by Crippen LogP contribution is 2.15. The third-order valence-corrected chi connectivity index (χ3v) is 2.93. The molecule has 6 heteroatoms. The lowest BCUT2D eigenvalue weighted by atomic mass is 10.2. The predicted octanol–water partition coefficient (Wildman–Crippen LogP) is 1.60. The summed E-state index contributed by atoms with van der Waals surface area (Å²) in [6.07, 6.45) is 0.149. The van der Waals surface area contributed by atoms with Gasteiger partial charge in [0.25, 0.3) is 5.56 Å². The molecule has 0 radical (unpaired) electrons. The number of aromatic nitrogens is 2. The first kappa shape index (κ1) is 12.6. The topological polar surface area (TPSA) is 72.2 Å². The minimum Gasteiger partial charge on any atom is -0.481 e. The first-order valence-corrected chi connectivity index (χ1v) is 5.74. The summed E-state index contributed by atoms with van der Waals surface area (Å²) >= 11 is 5.85. The summed E-state index contributed by atoms with van der Waals surface area (Å²) in [5.41, 5.74) is 0.294. The number of hydrogen-bond donors (Lipinski definition) is 1. The van der Waals surface area contributed by atoms with Crippen LogP contribution in [0.15, 0.2) is 23.0 Å². The molecule has 0 fully saturated rings. The zero-order valence-corrected chi connectivity index (χ0v) is 10.4. The van der Waals surface area contributed by atoms with E-state index in [1.165, 1.54) is 4.57 Å². The van der Waals surface area contributed by atoms with Crippen LogP contribution in [0.5, 0.6) is 0 Å². The molecule has 2 aromatic rings. The normalized spacial score (nSPS) is 10.8. The van der Waals surface area contributed by atoms with Crippen LogP contribution >= 0.6 is 11.6 Å². The van der Waals surface area contributed by atoms with Crippen molar-refractivity contribution in [1.29, 1.82) is 0 Å². The van der Waals surface area contributed by atoms with Gasteiger partial charge >= 0.3 is 5.97 Å². The van der Waals surface area contributed by atoms with Crippen molar-refractivity contribution in [1.82, 2.24) is 9.55 Å². The first-order chi connectivity index (χ1) is 8.49. The Bertz CT molecular complexity index is 679. The van der Waals surface area contributed by atoms with Crippen molar-refractivity contribution in [3.8, 4) is 0 Å². The lowest BCUT2D eigenvalue weighted by Crippen LogP contribution is -2.22. The van der Waals surface area contributed by atoms with Gasteiger partial charge in [-0.25, -0.2) is 4.98 Å². The lowest BCUT2D eigenvalue weighted by molar-refractivity contribution is -0.137. The van der Waals surface area contributed by atoms with Crippen LogP contribution in [0.2, 0.25) is 5.02 Å². The minimum absolute atomic E-state index is 0.0631. The fourth-order valence-electron chi connectivity index (χ4n) is 1.73. The molecule has 18 heavy (non-hydrogen) atoms. The van der Waals surface area contributed by atoms with Gasteiger partial charge in [-0.2, -0.15) is 0 Å². The molecule has 1 heterocycles. The molecular weight excluding hydrogens is 256 g/mol. The van der Waals surface area contributed by atoms with Crippen LogP contribution in [0.25, 0.3) is 10.9 Å². The molecule has 5 nitrogen and oxygen atoms in total. The van der Waals surface area contributed by atoms with Gasteiger partial charge < -0.3 is 5.11 Å². The number of carboxylic acids is 1. The Labute approximate surface area is 108 Å². The second-order valence-electron chi connectivity index (χ2n) is 3.95. The van der Waals surface area contributed by atoms with Crippen LogP contribution in [0.4, 0.5) is 0 Å². The molecule has 0 amide bonds. The van der Waals surface area contributed by atoms with E-state index in [1.54, 1.807) is 25.2 Å². The maximum absolute atomic E-state index is 12.0. The maximum atomic E-state index is 12.0. The SMILES string of the molecule is Cn1c(CCC(=O)O)nc2cc(Cl)ccc2c1=O. The van der Waals surface area contributed by atoms with E-state index in [1.807, 2.05) is 0 Å². The Morgan fingerprint density at radius 3 is 2.89 bits per heavy atom. The van der Waals surface area contributed by atoms with Gasteiger partial charge in [0.15, 0.2) is 0 Å². The molecule has 1 aromatic heterocycles. The van der Waals surface area contributed by atoms with Crippen molar-refractivity contribution >= 4 is 28.5 Å². The molecule has 0 spiro atoms. The number of fused-ring (bicyclic) bond motifs is 1. The van der Waals surface area contributed by atoms with Crippen molar-refractivity contribution in [2.75, 3.05) is 0 Å². The number of rotatable bonds is 3. The second-order valence-corrected chi connectivity index (χ2v) is 4.38. The highest BCUT2D eigenvalue weighted by atomic mass is 35.5. The number of halogens is 1. The van der Waals surface area contributed by atoms with Gasteiger partial charge in [0.05, 0.1) is 17.3 Å². The monoisotopic (exact) mass is 266 g/mol. The van der Waals surface area contributed by atoms with E-state index in [2.05, 4.69) is 4.98 Å². The van der Waals surface area contributed by atoms with E-state index in [4.69, 9.17) is 16.7 Å².